The van der Waals surface area contributed by atoms with Gasteiger partial charge >= 0.3 is 5.69 Å². The number of nitro groups is 1. The van der Waals surface area contributed by atoms with Crippen molar-refractivity contribution >= 4 is 11.5 Å². The first-order valence-electron chi connectivity index (χ1n) is 6.30. The van der Waals surface area contributed by atoms with Gasteiger partial charge in [0.1, 0.15) is 11.6 Å². The number of hydrazine groups is 3. The number of rotatable bonds is 5. The van der Waals surface area contributed by atoms with Crippen molar-refractivity contribution in [1.29, 1.82) is 5.26 Å². The van der Waals surface area contributed by atoms with E-state index in [9.17, 15) is 10.1 Å². The normalized spacial score (nSPS) is 16.4. The Hall–Kier alpha value is -2.32. The van der Waals surface area contributed by atoms with Gasteiger partial charge in [0.2, 0.25) is 5.82 Å². The zero-order chi connectivity index (χ0) is 15.4. The van der Waals surface area contributed by atoms with E-state index in [4.69, 9.17) is 5.26 Å². The first-order chi connectivity index (χ1) is 10.0. The van der Waals surface area contributed by atoms with Gasteiger partial charge in [-0.2, -0.15) is 16.3 Å². The molecular formula is C11H16N8O2. The summed E-state index contributed by atoms with van der Waals surface area (Å²) in [6.07, 6.45) is 1.36. The van der Waals surface area contributed by atoms with Crippen LogP contribution in [0.15, 0.2) is 12.3 Å². The summed E-state index contributed by atoms with van der Waals surface area (Å²) in [7, 11) is 1.71. The Kier molecular flexibility index (Phi) is 4.61. The molecule has 0 spiro atoms. The fraction of sp³-hybridized carbons (Fsp3) is 0.455. The highest BCUT2D eigenvalue weighted by Gasteiger charge is 2.27. The first kappa shape index (κ1) is 15.1. The van der Waals surface area contributed by atoms with E-state index in [1.165, 1.54) is 12.3 Å². The predicted molar refractivity (Wildman–Crippen MR) is 74.4 cm³/mol. The van der Waals surface area contributed by atoms with Crippen molar-refractivity contribution in [2.75, 3.05) is 18.5 Å². The van der Waals surface area contributed by atoms with Crippen LogP contribution in [0.3, 0.4) is 0 Å². The van der Waals surface area contributed by atoms with Crippen LogP contribution in [-0.4, -0.2) is 29.7 Å². The van der Waals surface area contributed by atoms with E-state index in [1.54, 1.807) is 11.9 Å². The Morgan fingerprint density at radius 1 is 1.57 bits per heavy atom. The molecule has 0 aliphatic carbocycles. The van der Waals surface area contributed by atoms with Crippen molar-refractivity contribution in [3.8, 4) is 6.07 Å². The van der Waals surface area contributed by atoms with Gasteiger partial charge in [-0.25, -0.2) is 15.8 Å². The number of hydrogen-bond donors (Lipinski definition) is 4. The molecule has 1 aromatic rings. The van der Waals surface area contributed by atoms with Gasteiger partial charge in [-0.15, -0.1) is 0 Å². The Balaban J connectivity index is 2.20. The molecule has 2 heterocycles. The molecule has 0 amide bonds. The van der Waals surface area contributed by atoms with Crippen LogP contribution in [0.25, 0.3) is 0 Å². The molecule has 112 valence electrons. The quantitative estimate of drug-likeness (QED) is 0.414. The number of nitrogens with zero attached hydrogens (tertiary/aromatic N) is 4. The lowest BCUT2D eigenvalue weighted by molar-refractivity contribution is -0.384. The van der Waals surface area contributed by atoms with E-state index < -0.39 is 4.92 Å². The zero-order valence-corrected chi connectivity index (χ0v) is 11.6. The summed E-state index contributed by atoms with van der Waals surface area (Å²) in [6, 6.07) is 3.17. The van der Waals surface area contributed by atoms with Gasteiger partial charge in [0.15, 0.2) is 0 Å². The highest BCUT2D eigenvalue weighted by Crippen LogP contribution is 2.28. The maximum atomic E-state index is 11.2. The SMILES string of the molecule is CC(CN(C)c1nccc(C#N)c1[N+](=O)[O-])C1NNNN1. The van der Waals surface area contributed by atoms with Crippen LogP contribution in [0, 0.1) is 27.4 Å². The predicted octanol–water partition coefficient (Wildman–Crippen LogP) is -0.623. The van der Waals surface area contributed by atoms with Crippen molar-refractivity contribution in [3.63, 3.8) is 0 Å². The number of aromatic nitrogens is 1. The molecule has 0 aromatic carbocycles. The van der Waals surface area contributed by atoms with Crippen LogP contribution in [-0.2, 0) is 0 Å². The first-order valence-corrected chi connectivity index (χ1v) is 6.30. The van der Waals surface area contributed by atoms with Crippen LogP contribution < -0.4 is 26.8 Å². The maximum Gasteiger partial charge on any atom is 0.329 e. The lowest BCUT2D eigenvalue weighted by Gasteiger charge is -2.25. The summed E-state index contributed by atoms with van der Waals surface area (Å²) in [5, 5.41) is 20.2. The fourth-order valence-corrected chi connectivity index (χ4v) is 2.16. The lowest BCUT2D eigenvalue weighted by atomic mass is 10.1. The van der Waals surface area contributed by atoms with E-state index in [1.807, 2.05) is 13.0 Å². The van der Waals surface area contributed by atoms with Crippen molar-refractivity contribution in [1.82, 2.24) is 26.9 Å². The van der Waals surface area contributed by atoms with Gasteiger partial charge in [0.25, 0.3) is 0 Å². The van der Waals surface area contributed by atoms with Gasteiger partial charge in [-0.1, -0.05) is 6.92 Å². The summed E-state index contributed by atoms with van der Waals surface area (Å²) in [4.78, 5) is 16.3. The molecule has 0 saturated carbocycles. The van der Waals surface area contributed by atoms with Crippen LogP contribution in [0.2, 0.25) is 0 Å². The van der Waals surface area contributed by atoms with E-state index in [2.05, 4.69) is 26.9 Å². The number of hydrogen-bond acceptors (Lipinski definition) is 9. The minimum Gasteiger partial charge on any atom is -0.354 e. The summed E-state index contributed by atoms with van der Waals surface area (Å²) >= 11 is 0. The monoisotopic (exact) mass is 292 g/mol. The average Bonchev–Trinajstić information content (AvgIpc) is 3.00. The molecule has 10 nitrogen and oxygen atoms in total. The Morgan fingerprint density at radius 3 is 2.81 bits per heavy atom. The third-order valence-corrected chi connectivity index (χ3v) is 3.22. The minimum atomic E-state index is -0.572. The molecule has 10 heteroatoms. The molecular weight excluding hydrogens is 276 g/mol. The van der Waals surface area contributed by atoms with E-state index >= 15 is 0 Å². The van der Waals surface area contributed by atoms with Gasteiger partial charge < -0.3 is 4.90 Å². The summed E-state index contributed by atoms with van der Waals surface area (Å²) in [5.74, 6) is 0.300. The molecule has 4 N–H and O–H groups in total. The van der Waals surface area contributed by atoms with Crippen LogP contribution in [0.1, 0.15) is 12.5 Å². The van der Waals surface area contributed by atoms with E-state index in [0.29, 0.717) is 6.54 Å². The lowest BCUT2D eigenvalue weighted by Crippen LogP contribution is -2.44. The second kappa shape index (κ2) is 6.42. The third kappa shape index (κ3) is 3.23. The summed E-state index contributed by atoms with van der Waals surface area (Å²) < 4.78 is 0. The zero-order valence-electron chi connectivity index (χ0n) is 11.6. The molecule has 1 unspecified atom stereocenters. The Labute approximate surface area is 121 Å². The standard InChI is InChI=1S/C11H16N8O2/c1-7(10-14-16-17-15-10)6-18(2)11-9(19(20)21)8(5-12)3-4-13-11/h3-4,7,10,14-17H,6H2,1-2H3. The number of anilines is 1. The van der Waals surface area contributed by atoms with E-state index in [0.717, 1.165) is 0 Å². The molecule has 2 rings (SSSR count). The van der Waals surface area contributed by atoms with Crippen molar-refractivity contribution in [3.05, 3.63) is 27.9 Å². The third-order valence-electron chi connectivity index (χ3n) is 3.22. The van der Waals surface area contributed by atoms with Crippen molar-refractivity contribution in [2.45, 2.75) is 13.1 Å². The van der Waals surface area contributed by atoms with Gasteiger partial charge in [0.05, 0.1) is 11.1 Å². The molecule has 0 bridgehead atoms. The molecule has 1 fully saturated rings. The highest BCUT2D eigenvalue weighted by atomic mass is 16.6. The molecule has 1 aromatic heterocycles. The Bertz CT molecular complexity index is 566. The maximum absolute atomic E-state index is 11.2. The highest BCUT2D eigenvalue weighted by molar-refractivity contribution is 5.65. The van der Waals surface area contributed by atoms with Crippen molar-refractivity contribution in [2.24, 2.45) is 5.92 Å². The smallest absolute Gasteiger partial charge is 0.329 e. The second-order valence-electron chi connectivity index (χ2n) is 4.77. The molecule has 1 saturated heterocycles. The summed E-state index contributed by atoms with van der Waals surface area (Å²) in [6.45, 7) is 2.49. The van der Waals surface area contributed by atoms with Crippen LogP contribution in [0.4, 0.5) is 11.5 Å². The van der Waals surface area contributed by atoms with Gasteiger partial charge in [-0.05, 0) is 6.07 Å². The molecule has 1 aliphatic heterocycles. The van der Waals surface area contributed by atoms with E-state index in [-0.39, 0.29) is 29.2 Å². The largest absolute Gasteiger partial charge is 0.354 e. The molecule has 0 radical (unpaired) electrons. The number of pyridine rings is 1. The molecule has 1 atom stereocenters. The minimum absolute atomic E-state index is 0.00459. The number of nitrogens with one attached hydrogen (secondary N) is 4. The van der Waals surface area contributed by atoms with Crippen LogP contribution in [0.5, 0.6) is 0 Å². The Morgan fingerprint density at radius 2 is 2.24 bits per heavy atom. The van der Waals surface area contributed by atoms with Crippen molar-refractivity contribution < 1.29 is 4.92 Å². The summed E-state index contributed by atoms with van der Waals surface area (Å²) in [5.41, 5.74) is 11.1. The topological polar surface area (TPSA) is 131 Å². The molecule has 1 aliphatic rings. The molecule has 21 heavy (non-hydrogen) atoms. The second-order valence-corrected chi connectivity index (χ2v) is 4.77. The van der Waals surface area contributed by atoms with Crippen LogP contribution >= 0.6 is 0 Å². The fourth-order valence-electron chi connectivity index (χ4n) is 2.16. The van der Waals surface area contributed by atoms with Gasteiger partial charge in [-0.3, -0.25) is 10.1 Å². The average molecular weight is 292 g/mol. The van der Waals surface area contributed by atoms with Gasteiger partial charge in [0, 0.05) is 25.7 Å². The number of nitriles is 1.